The topological polar surface area (TPSA) is 50.8 Å². The molecule has 0 bridgehead atoms. The molecule has 1 N–H and O–H groups in total. The van der Waals surface area contributed by atoms with Gasteiger partial charge in [0.25, 0.3) is 0 Å². The molecular formula is C14H26N2O3. The molecule has 2 atom stereocenters. The first kappa shape index (κ1) is 14.6. The van der Waals surface area contributed by atoms with Gasteiger partial charge in [-0.2, -0.15) is 0 Å². The Morgan fingerprint density at radius 2 is 2.21 bits per heavy atom. The second-order valence-corrected chi connectivity index (χ2v) is 6.44. The number of hydrogen-bond donors (Lipinski definition) is 1. The molecule has 5 heteroatoms. The van der Waals surface area contributed by atoms with E-state index in [0.29, 0.717) is 6.04 Å². The van der Waals surface area contributed by atoms with Crippen LogP contribution in [0.1, 0.15) is 40.0 Å². The highest BCUT2D eigenvalue weighted by molar-refractivity contribution is 5.69. The lowest BCUT2D eigenvalue weighted by atomic mass is 10.2. The maximum absolute atomic E-state index is 12.1. The molecule has 0 aliphatic carbocycles. The molecule has 0 aromatic heterocycles. The molecule has 2 heterocycles. The highest BCUT2D eigenvalue weighted by Gasteiger charge is 2.32. The fourth-order valence-electron chi connectivity index (χ4n) is 2.61. The molecule has 5 nitrogen and oxygen atoms in total. The highest BCUT2D eigenvalue weighted by atomic mass is 16.6. The van der Waals surface area contributed by atoms with Crippen LogP contribution in [0.3, 0.4) is 0 Å². The molecule has 0 spiro atoms. The normalized spacial score (nSPS) is 27.8. The molecule has 19 heavy (non-hydrogen) atoms. The maximum atomic E-state index is 12.1. The average Bonchev–Trinajstić information content (AvgIpc) is 2.95. The zero-order valence-electron chi connectivity index (χ0n) is 12.3. The van der Waals surface area contributed by atoms with E-state index < -0.39 is 5.60 Å². The number of hydrogen-bond acceptors (Lipinski definition) is 4. The molecule has 2 aliphatic rings. The number of carbonyl (C=O) groups excluding carboxylic acids is 1. The van der Waals surface area contributed by atoms with E-state index in [9.17, 15) is 4.79 Å². The summed E-state index contributed by atoms with van der Waals surface area (Å²) < 4.78 is 10.8. The van der Waals surface area contributed by atoms with Crippen molar-refractivity contribution in [3.05, 3.63) is 0 Å². The summed E-state index contributed by atoms with van der Waals surface area (Å²) in [6.07, 6.45) is 3.01. The fraction of sp³-hybridized carbons (Fsp3) is 0.929. The molecule has 110 valence electrons. The van der Waals surface area contributed by atoms with Crippen LogP contribution in [-0.2, 0) is 9.47 Å². The Hall–Kier alpha value is -0.810. The highest BCUT2D eigenvalue weighted by Crippen LogP contribution is 2.20. The summed E-state index contributed by atoms with van der Waals surface area (Å²) in [4.78, 5) is 14.0. The standard InChI is InChI=1S/C14H26N2O3/c1-14(2,3)19-13(17)16-7-4-5-12(16)9-15-11-6-8-18-10-11/h11-12,15H,4-10H2,1-3H3. The molecule has 0 saturated carbocycles. The third-order valence-corrected chi connectivity index (χ3v) is 3.58. The van der Waals surface area contributed by atoms with Gasteiger partial charge < -0.3 is 19.7 Å². The van der Waals surface area contributed by atoms with Crippen molar-refractivity contribution in [2.75, 3.05) is 26.3 Å². The third-order valence-electron chi connectivity index (χ3n) is 3.58. The summed E-state index contributed by atoms with van der Waals surface area (Å²) >= 11 is 0. The summed E-state index contributed by atoms with van der Waals surface area (Å²) in [6, 6.07) is 0.705. The molecule has 0 aromatic carbocycles. The third kappa shape index (κ3) is 4.35. The Bertz CT molecular complexity index is 308. The zero-order valence-corrected chi connectivity index (χ0v) is 12.3. The van der Waals surface area contributed by atoms with Gasteiger partial charge >= 0.3 is 6.09 Å². The van der Waals surface area contributed by atoms with Crippen molar-refractivity contribution in [2.45, 2.75) is 57.7 Å². The van der Waals surface area contributed by atoms with Crippen molar-refractivity contribution < 1.29 is 14.3 Å². The van der Waals surface area contributed by atoms with Crippen molar-refractivity contribution in [3.8, 4) is 0 Å². The summed E-state index contributed by atoms with van der Waals surface area (Å²) in [6.45, 7) is 9.01. The lowest BCUT2D eigenvalue weighted by Crippen LogP contribution is -2.46. The van der Waals surface area contributed by atoms with Crippen LogP contribution in [0.5, 0.6) is 0 Å². The van der Waals surface area contributed by atoms with Crippen molar-refractivity contribution in [2.24, 2.45) is 0 Å². The van der Waals surface area contributed by atoms with E-state index in [1.165, 1.54) is 0 Å². The van der Waals surface area contributed by atoms with Gasteiger partial charge in [0.05, 0.1) is 6.61 Å². The molecule has 2 saturated heterocycles. The molecular weight excluding hydrogens is 244 g/mol. The summed E-state index contributed by atoms with van der Waals surface area (Å²) in [7, 11) is 0. The monoisotopic (exact) mass is 270 g/mol. The summed E-state index contributed by atoms with van der Waals surface area (Å²) in [5, 5.41) is 3.50. The van der Waals surface area contributed by atoms with Crippen LogP contribution in [0, 0.1) is 0 Å². The van der Waals surface area contributed by atoms with Crippen LogP contribution in [0.4, 0.5) is 4.79 Å². The number of likely N-dealkylation sites (tertiary alicyclic amines) is 1. The zero-order chi connectivity index (χ0) is 13.9. The van der Waals surface area contributed by atoms with Crippen molar-refractivity contribution in [1.82, 2.24) is 10.2 Å². The number of carbonyl (C=O) groups is 1. The van der Waals surface area contributed by atoms with E-state index >= 15 is 0 Å². The number of amides is 1. The quantitative estimate of drug-likeness (QED) is 0.849. The Morgan fingerprint density at radius 1 is 1.42 bits per heavy atom. The van der Waals surface area contributed by atoms with Crippen LogP contribution in [0.15, 0.2) is 0 Å². The summed E-state index contributed by atoms with van der Waals surface area (Å²) in [5.74, 6) is 0. The minimum absolute atomic E-state index is 0.181. The van der Waals surface area contributed by atoms with Crippen LogP contribution < -0.4 is 5.32 Å². The van der Waals surface area contributed by atoms with E-state index in [4.69, 9.17) is 9.47 Å². The van der Waals surface area contributed by atoms with Gasteiger partial charge in [-0.1, -0.05) is 0 Å². The second kappa shape index (κ2) is 6.09. The van der Waals surface area contributed by atoms with E-state index in [1.807, 2.05) is 25.7 Å². The fourth-order valence-corrected chi connectivity index (χ4v) is 2.61. The Morgan fingerprint density at radius 3 is 2.84 bits per heavy atom. The van der Waals surface area contributed by atoms with Crippen LogP contribution in [-0.4, -0.2) is 55.0 Å². The Labute approximate surface area is 115 Å². The SMILES string of the molecule is CC(C)(C)OC(=O)N1CCCC1CNC1CCOC1. The van der Waals surface area contributed by atoms with Gasteiger partial charge in [0, 0.05) is 31.8 Å². The molecule has 2 aliphatic heterocycles. The first-order chi connectivity index (χ1) is 8.96. The van der Waals surface area contributed by atoms with Gasteiger partial charge in [-0.05, 0) is 40.0 Å². The first-order valence-electron chi connectivity index (χ1n) is 7.26. The lowest BCUT2D eigenvalue weighted by Gasteiger charge is -2.29. The smallest absolute Gasteiger partial charge is 0.410 e. The van der Waals surface area contributed by atoms with E-state index in [1.54, 1.807) is 0 Å². The van der Waals surface area contributed by atoms with Crippen LogP contribution in [0.25, 0.3) is 0 Å². The number of rotatable bonds is 3. The van der Waals surface area contributed by atoms with E-state index in [2.05, 4.69) is 5.32 Å². The second-order valence-electron chi connectivity index (χ2n) is 6.44. The van der Waals surface area contributed by atoms with Gasteiger partial charge in [-0.15, -0.1) is 0 Å². The van der Waals surface area contributed by atoms with Crippen molar-refractivity contribution >= 4 is 6.09 Å². The molecule has 0 aromatic rings. The molecule has 0 radical (unpaired) electrons. The van der Waals surface area contributed by atoms with Gasteiger partial charge in [-0.25, -0.2) is 4.79 Å². The minimum Gasteiger partial charge on any atom is -0.444 e. The molecule has 1 amide bonds. The molecule has 2 unspecified atom stereocenters. The molecule has 2 rings (SSSR count). The Kier molecular flexibility index (Phi) is 4.68. The van der Waals surface area contributed by atoms with Gasteiger partial charge in [0.2, 0.25) is 0 Å². The van der Waals surface area contributed by atoms with Gasteiger partial charge in [-0.3, -0.25) is 0 Å². The largest absolute Gasteiger partial charge is 0.444 e. The summed E-state index contributed by atoms with van der Waals surface area (Å²) in [5.41, 5.74) is -0.420. The number of ether oxygens (including phenoxy) is 2. The lowest BCUT2D eigenvalue weighted by molar-refractivity contribution is 0.0224. The van der Waals surface area contributed by atoms with Crippen LogP contribution in [0.2, 0.25) is 0 Å². The molecule has 2 fully saturated rings. The first-order valence-corrected chi connectivity index (χ1v) is 7.26. The number of nitrogens with zero attached hydrogens (tertiary/aromatic N) is 1. The van der Waals surface area contributed by atoms with Crippen molar-refractivity contribution in [3.63, 3.8) is 0 Å². The van der Waals surface area contributed by atoms with E-state index in [-0.39, 0.29) is 12.1 Å². The Balaban J connectivity index is 1.80. The predicted octanol–water partition coefficient (Wildman–Crippen LogP) is 1.76. The van der Waals surface area contributed by atoms with Crippen molar-refractivity contribution in [1.29, 1.82) is 0 Å². The van der Waals surface area contributed by atoms with Gasteiger partial charge in [0.1, 0.15) is 5.60 Å². The maximum Gasteiger partial charge on any atom is 0.410 e. The minimum atomic E-state index is -0.420. The van der Waals surface area contributed by atoms with Crippen LogP contribution >= 0.6 is 0 Å². The predicted molar refractivity (Wildman–Crippen MR) is 73.2 cm³/mol. The van der Waals surface area contributed by atoms with E-state index in [0.717, 1.165) is 45.6 Å². The van der Waals surface area contributed by atoms with Gasteiger partial charge in [0.15, 0.2) is 0 Å². The average molecular weight is 270 g/mol. The number of nitrogens with one attached hydrogen (secondary N) is 1.